The number of anilines is 1. The molecule has 0 N–H and O–H groups in total. The largest absolute Gasteiger partial charge is 0.368 e. The standard InChI is InChI=1S/C20H17FN2O2/c21-14-5-7-15(8-6-14)22-9-11-23(12-10-22)18-13-19(24)16-3-1-2-4-17(16)20(18)25/h1-8,13H,9-12H2. The first-order valence-corrected chi connectivity index (χ1v) is 8.29. The lowest BCUT2D eigenvalue weighted by atomic mass is 9.92. The van der Waals surface area contributed by atoms with E-state index in [9.17, 15) is 14.0 Å². The summed E-state index contributed by atoms with van der Waals surface area (Å²) in [7, 11) is 0. The zero-order valence-electron chi connectivity index (χ0n) is 13.6. The zero-order chi connectivity index (χ0) is 17.4. The molecule has 0 unspecified atom stereocenters. The van der Waals surface area contributed by atoms with E-state index in [0.29, 0.717) is 43.0 Å². The molecule has 0 spiro atoms. The predicted molar refractivity (Wildman–Crippen MR) is 93.4 cm³/mol. The summed E-state index contributed by atoms with van der Waals surface area (Å²) >= 11 is 0. The molecule has 1 fully saturated rings. The molecule has 5 heteroatoms. The van der Waals surface area contributed by atoms with E-state index in [2.05, 4.69) is 4.90 Å². The van der Waals surface area contributed by atoms with E-state index < -0.39 is 0 Å². The first-order chi connectivity index (χ1) is 12.1. The number of hydrogen-bond donors (Lipinski definition) is 0. The normalized spacial score (nSPS) is 17.4. The van der Waals surface area contributed by atoms with Crippen molar-refractivity contribution in [3.63, 3.8) is 0 Å². The van der Waals surface area contributed by atoms with Crippen molar-refractivity contribution in [1.82, 2.24) is 4.90 Å². The minimum absolute atomic E-state index is 0.0922. The number of rotatable bonds is 2. The number of nitrogens with zero attached hydrogens (tertiary/aromatic N) is 2. The minimum atomic E-state index is -0.252. The molecule has 4 rings (SSSR count). The van der Waals surface area contributed by atoms with Crippen molar-refractivity contribution in [2.75, 3.05) is 31.1 Å². The summed E-state index contributed by atoms with van der Waals surface area (Å²) in [6.45, 7) is 2.72. The molecule has 1 aliphatic heterocycles. The van der Waals surface area contributed by atoms with E-state index >= 15 is 0 Å². The van der Waals surface area contributed by atoms with Gasteiger partial charge in [-0.2, -0.15) is 0 Å². The summed E-state index contributed by atoms with van der Waals surface area (Å²) in [6.07, 6.45) is 1.46. The second kappa shape index (κ2) is 6.16. The SMILES string of the molecule is O=C1C=C(N2CCN(c3ccc(F)cc3)CC2)C(=O)c2ccccc21. The van der Waals surface area contributed by atoms with E-state index in [4.69, 9.17) is 0 Å². The molecule has 2 aromatic carbocycles. The Morgan fingerprint density at radius 1 is 0.760 bits per heavy atom. The highest BCUT2D eigenvalue weighted by Gasteiger charge is 2.30. The fraction of sp³-hybridized carbons (Fsp3) is 0.200. The van der Waals surface area contributed by atoms with Gasteiger partial charge >= 0.3 is 0 Å². The number of piperazine rings is 1. The number of ketones is 2. The average molecular weight is 336 g/mol. The summed E-state index contributed by atoms with van der Waals surface area (Å²) in [5.74, 6) is -0.464. The van der Waals surface area contributed by atoms with Crippen molar-refractivity contribution in [3.8, 4) is 0 Å². The third-order valence-electron chi connectivity index (χ3n) is 4.75. The molecule has 1 aliphatic carbocycles. The highest BCUT2D eigenvalue weighted by Crippen LogP contribution is 2.25. The molecule has 0 atom stereocenters. The maximum Gasteiger partial charge on any atom is 0.209 e. The molecule has 2 aliphatic rings. The Hall–Kier alpha value is -2.95. The lowest BCUT2D eigenvalue weighted by Gasteiger charge is -2.38. The molecule has 1 saturated heterocycles. The van der Waals surface area contributed by atoms with Gasteiger partial charge in [0.25, 0.3) is 0 Å². The van der Waals surface area contributed by atoms with Gasteiger partial charge in [0.15, 0.2) is 5.78 Å². The van der Waals surface area contributed by atoms with Crippen LogP contribution in [0.4, 0.5) is 10.1 Å². The molecular formula is C20H17FN2O2. The van der Waals surface area contributed by atoms with Crippen LogP contribution in [0, 0.1) is 5.82 Å². The van der Waals surface area contributed by atoms with Crippen LogP contribution in [0.1, 0.15) is 20.7 Å². The van der Waals surface area contributed by atoms with Gasteiger partial charge in [-0.3, -0.25) is 9.59 Å². The van der Waals surface area contributed by atoms with Crippen LogP contribution in [-0.4, -0.2) is 42.6 Å². The summed E-state index contributed by atoms with van der Waals surface area (Å²) in [6, 6.07) is 13.4. The molecule has 25 heavy (non-hydrogen) atoms. The molecule has 0 aromatic heterocycles. The Morgan fingerprint density at radius 3 is 2.04 bits per heavy atom. The molecule has 126 valence electrons. The van der Waals surface area contributed by atoms with Crippen molar-refractivity contribution >= 4 is 17.3 Å². The number of fused-ring (bicyclic) bond motifs is 1. The predicted octanol–water partition coefficient (Wildman–Crippen LogP) is 2.91. The molecule has 0 radical (unpaired) electrons. The number of allylic oxidation sites excluding steroid dienone is 2. The summed E-state index contributed by atoms with van der Waals surface area (Å²) < 4.78 is 13.1. The van der Waals surface area contributed by atoms with Crippen LogP contribution in [0.3, 0.4) is 0 Å². The molecular weight excluding hydrogens is 319 g/mol. The maximum absolute atomic E-state index is 13.1. The van der Waals surface area contributed by atoms with Gasteiger partial charge in [-0.05, 0) is 24.3 Å². The number of carbonyl (C=O) groups excluding carboxylic acids is 2. The third-order valence-corrected chi connectivity index (χ3v) is 4.75. The zero-order valence-corrected chi connectivity index (χ0v) is 13.6. The van der Waals surface area contributed by atoms with Crippen LogP contribution < -0.4 is 4.90 Å². The Balaban J connectivity index is 1.50. The topological polar surface area (TPSA) is 40.6 Å². The first-order valence-electron chi connectivity index (χ1n) is 8.29. The van der Waals surface area contributed by atoms with E-state index in [1.54, 1.807) is 36.4 Å². The number of Topliss-reactive ketones (excluding diaryl/α,β-unsaturated/α-hetero) is 1. The average Bonchev–Trinajstić information content (AvgIpc) is 2.66. The lowest BCUT2D eigenvalue weighted by molar-refractivity contribution is 0.0948. The van der Waals surface area contributed by atoms with Crippen molar-refractivity contribution in [2.24, 2.45) is 0 Å². The van der Waals surface area contributed by atoms with Crippen LogP contribution in [0.15, 0.2) is 60.3 Å². The summed E-state index contributed by atoms with van der Waals surface area (Å²) in [5.41, 5.74) is 2.39. The Morgan fingerprint density at radius 2 is 1.36 bits per heavy atom. The Labute approximate surface area is 145 Å². The highest BCUT2D eigenvalue weighted by molar-refractivity contribution is 6.24. The van der Waals surface area contributed by atoms with Crippen LogP contribution in [0.25, 0.3) is 0 Å². The highest BCUT2D eigenvalue weighted by atomic mass is 19.1. The minimum Gasteiger partial charge on any atom is -0.368 e. The van der Waals surface area contributed by atoms with E-state index in [1.807, 2.05) is 4.90 Å². The van der Waals surface area contributed by atoms with Crippen molar-refractivity contribution in [3.05, 3.63) is 77.2 Å². The fourth-order valence-electron chi connectivity index (χ4n) is 3.39. The second-order valence-corrected chi connectivity index (χ2v) is 6.22. The fourth-order valence-corrected chi connectivity index (χ4v) is 3.39. The van der Waals surface area contributed by atoms with Crippen LogP contribution in [-0.2, 0) is 0 Å². The van der Waals surface area contributed by atoms with Crippen LogP contribution in [0.2, 0.25) is 0 Å². The number of hydrogen-bond acceptors (Lipinski definition) is 4. The summed E-state index contributed by atoms with van der Waals surface area (Å²) in [5, 5.41) is 0. The van der Waals surface area contributed by atoms with Gasteiger partial charge in [0.2, 0.25) is 5.78 Å². The van der Waals surface area contributed by atoms with Crippen LogP contribution >= 0.6 is 0 Å². The number of benzene rings is 2. The van der Waals surface area contributed by atoms with Crippen molar-refractivity contribution in [1.29, 1.82) is 0 Å². The Kier molecular flexibility index (Phi) is 3.84. The molecule has 0 bridgehead atoms. The maximum atomic E-state index is 13.1. The van der Waals surface area contributed by atoms with E-state index in [1.165, 1.54) is 18.2 Å². The summed E-state index contributed by atoms with van der Waals surface area (Å²) in [4.78, 5) is 29.2. The van der Waals surface area contributed by atoms with E-state index in [-0.39, 0.29) is 17.4 Å². The third kappa shape index (κ3) is 2.82. The van der Waals surface area contributed by atoms with Crippen LogP contribution in [0.5, 0.6) is 0 Å². The van der Waals surface area contributed by atoms with Gasteiger partial charge < -0.3 is 9.80 Å². The Bertz CT molecular complexity index is 866. The van der Waals surface area contributed by atoms with Crippen molar-refractivity contribution < 1.29 is 14.0 Å². The molecule has 2 aromatic rings. The lowest BCUT2D eigenvalue weighted by Crippen LogP contribution is -2.47. The van der Waals surface area contributed by atoms with Gasteiger partial charge in [-0.1, -0.05) is 24.3 Å². The molecule has 4 nitrogen and oxygen atoms in total. The molecule has 0 saturated carbocycles. The van der Waals surface area contributed by atoms with Gasteiger partial charge in [-0.15, -0.1) is 0 Å². The quantitative estimate of drug-likeness (QED) is 0.845. The van der Waals surface area contributed by atoms with Gasteiger partial charge in [0.05, 0.1) is 5.70 Å². The van der Waals surface area contributed by atoms with Gasteiger partial charge in [-0.25, -0.2) is 4.39 Å². The monoisotopic (exact) mass is 336 g/mol. The molecule has 0 amide bonds. The number of halogens is 1. The first kappa shape index (κ1) is 15.6. The molecule has 1 heterocycles. The van der Waals surface area contributed by atoms with Gasteiger partial charge in [0.1, 0.15) is 5.82 Å². The van der Waals surface area contributed by atoms with Crippen molar-refractivity contribution in [2.45, 2.75) is 0 Å². The van der Waals surface area contributed by atoms with Gasteiger partial charge in [0, 0.05) is 49.1 Å². The second-order valence-electron chi connectivity index (χ2n) is 6.22. The smallest absolute Gasteiger partial charge is 0.209 e. The van der Waals surface area contributed by atoms with E-state index in [0.717, 1.165) is 5.69 Å². The number of carbonyl (C=O) groups is 2.